The molecule has 6 nitrogen and oxygen atoms in total. The van der Waals surface area contributed by atoms with Crippen LogP contribution in [0.5, 0.6) is 0 Å². The summed E-state index contributed by atoms with van der Waals surface area (Å²) in [7, 11) is 0. The highest BCUT2D eigenvalue weighted by Crippen LogP contribution is 2.40. The van der Waals surface area contributed by atoms with Crippen molar-refractivity contribution in [3.8, 4) is 0 Å². The maximum atomic E-state index is 12.3. The quantitative estimate of drug-likeness (QED) is 0.0786. The molecule has 0 saturated heterocycles. The van der Waals surface area contributed by atoms with Crippen molar-refractivity contribution in [1.29, 1.82) is 0 Å². The van der Waals surface area contributed by atoms with E-state index in [1.165, 1.54) is 0 Å². The minimum atomic E-state index is -0.764. The van der Waals surface area contributed by atoms with Crippen molar-refractivity contribution in [3.05, 3.63) is 138 Å². The molecule has 0 bridgehead atoms. The number of rotatable bonds is 18. The lowest BCUT2D eigenvalue weighted by atomic mass is 9.80. The van der Waals surface area contributed by atoms with Crippen molar-refractivity contribution >= 4 is 11.7 Å². The lowest BCUT2D eigenvalue weighted by Crippen LogP contribution is -2.34. The zero-order chi connectivity index (χ0) is 29.3. The molecule has 6 heteroatoms. The van der Waals surface area contributed by atoms with E-state index in [9.17, 15) is 4.79 Å². The first-order valence-corrected chi connectivity index (χ1v) is 14.7. The van der Waals surface area contributed by atoms with Crippen LogP contribution >= 0.6 is 0 Å². The van der Waals surface area contributed by atoms with E-state index in [1.807, 2.05) is 66.7 Å². The lowest BCUT2D eigenvalue weighted by molar-refractivity contribution is -0.0357. The summed E-state index contributed by atoms with van der Waals surface area (Å²) in [5, 5.41) is 3.33. The van der Waals surface area contributed by atoms with E-state index in [4.69, 9.17) is 18.9 Å². The number of anilines is 1. The standard InChI is InChI=1S/C36H41NO5/c1-2-3-23-37-34-21-19-30(20-22-34)35(38)41-28-26-39-24-25-40-27-29-42-36(31-13-7-4-8-14-31,32-15-9-5-10-16-32)33-17-11-6-12-18-33/h4-22,37H,2-3,23-29H2,1H3. The van der Waals surface area contributed by atoms with Crippen LogP contribution in [0.1, 0.15) is 46.8 Å². The Bertz CT molecular complexity index is 1200. The predicted octanol–water partition coefficient (Wildman–Crippen LogP) is 7.10. The molecule has 0 saturated carbocycles. The topological polar surface area (TPSA) is 66.0 Å². The Morgan fingerprint density at radius 2 is 1.10 bits per heavy atom. The number of carbonyl (C=O) groups excluding carboxylic acids is 1. The molecule has 0 heterocycles. The molecule has 0 aliphatic rings. The fourth-order valence-electron chi connectivity index (χ4n) is 4.75. The van der Waals surface area contributed by atoms with Gasteiger partial charge in [-0.15, -0.1) is 0 Å². The van der Waals surface area contributed by atoms with E-state index >= 15 is 0 Å². The second-order valence-corrected chi connectivity index (χ2v) is 9.85. The molecule has 4 aromatic rings. The molecule has 220 valence electrons. The number of ether oxygens (including phenoxy) is 4. The number of hydrogen-bond acceptors (Lipinski definition) is 6. The Balaban J connectivity index is 1.19. The van der Waals surface area contributed by atoms with E-state index in [-0.39, 0.29) is 12.6 Å². The van der Waals surface area contributed by atoms with Crippen LogP contribution in [0, 0.1) is 0 Å². The van der Waals surface area contributed by atoms with Gasteiger partial charge in [0.25, 0.3) is 0 Å². The Morgan fingerprint density at radius 1 is 0.619 bits per heavy atom. The summed E-state index contributed by atoms with van der Waals surface area (Å²) in [5.41, 5.74) is 3.93. The number of esters is 1. The Kier molecular flexibility index (Phi) is 12.6. The summed E-state index contributed by atoms with van der Waals surface area (Å²) in [4.78, 5) is 12.3. The number of unbranched alkanes of at least 4 members (excludes halogenated alkanes) is 1. The van der Waals surface area contributed by atoms with Gasteiger partial charge in [0, 0.05) is 12.2 Å². The average molecular weight is 568 g/mol. The summed E-state index contributed by atoms with van der Waals surface area (Å²) in [5.74, 6) is -0.356. The molecule has 1 N–H and O–H groups in total. The van der Waals surface area contributed by atoms with Crippen LogP contribution in [0.2, 0.25) is 0 Å². The SMILES string of the molecule is CCCCNc1ccc(C(=O)OCCOCCOCCOC(c2ccccc2)(c2ccccc2)c2ccccc2)cc1. The van der Waals surface area contributed by atoms with Crippen molar-refractivity contribution in [2.45, 2.75) is 25.4 Å². The third kappa shape index (κ3) is 8.76. The molecule has 0 spiro atoms. The predicted molar refractivity (Wildman–Crippen MR) is 167 cm³/mol. The first-order valence-electron chi connectivity index (χ1n) is 14.7. The Labute approximate surface area is 249 Å². The van der Waals surface area contributed by atoms with Gasteiger partial charge in [-0.25, -0.2) is 4.79 Å². The Hall–Kier alpha value is -3.97. The van der Waals surface area contributed by atoms with Crippen LogP contribution < -0.4 is 5.32 Å². The van der Waals surface area contributed by atoms with E-state index in [0.717, 1.165) is 41.8 Å². The summed E-state index contributed by atoms with van der Waals surface area (Å²) in [6.07, 6.45) is 2.25. The Morgan fingerprint density at radius 3 is 1.60 bits per heavy atom. The monoisotopic (exact) mass is 567 g/mol. The zero-order valence-electron chi connectivity index (χ0n) is 24.4. The summed E-state index contributed by atoms with van der Waals surface area (Å²) < 4.78 is 23.4. The first-order chi connectivity index (χ1) is 20.7. The van der Waals surface area contributed by atoms with Crippen molar-refractivity contribution in [2.75, 3.05) is 51.5 Å². The molecule has 0 unspecified atom stereocenters. The van der Waals surface area contributed by atoms with E-state index in [2.05, 4.69) is 48.6 Å². The second-order valence-electron chi connectivity index (χ2n) is 9.85. The average Bonchev–Trinajstić information content (AvgIpc) is 3.05. The molecule has 0 aliphatic heterocycles. The molecule has 0 aliphatic carbocycles. The number of nitrogens with one attached hydrogen (secondary N) is 1. The molecule has 4 rings (SSSR count). The van der Waals surface area contributed by atoms with Crippen LogP contribution in [-0.4, -0.2) is 52.2 Å². The van der Waals surface area contributed by atoms with Gasteiger partial charge in [0.2, 0.25) is 0 Å². The van der Waals surface area contributed by atoms with Gasteiger partial charge in [-0.05, 0) is 47.4 Å². The molecule has 0 radical (unpaired) electrons. The normalized spacial score (nSPS) is 11.3. The number of carbonyl (C=O) groups is 1. The minimum absolute atomic E-state index is 0.187. The van der Waals surface area contributed by atoms with Gasteiger partial charge < -0.3 is 24.3 Å². The lowest BCUT2D eigenvalue weighted by Gasteiger charge is -2.36. The first kappa shape index (κ1) is 31.0. The summed E-state index contributed by atoms with van der Waals surface area (Å²) in [6.45, 7) is 5.19. The van der Waals surface area contributed by atoms with Crippen molar-refractivity contribution in [2.24, 2.45) is 0 Å². The fraction of sp³-hybridized carbons (Fsp3) is 0.306. The van der Waals surface area contributed by atoms with E-state index < -0.39 is 5.60 Å². The molecule has 4 aromatic carbocycles. The van der Waals surface area contributed by atoms with E-state index in [0.29, 0.717) is 38.6 Å². The summed E-state index contributed by atoms with van der Waals surface area (Å²) in [6, 6.07) is 38.2. The van der Waals surface area contributed by atoms with Gasteiger partial charge >= 0.3 is 5.97 Å². The van der Waals surface area contributed by atoms with E-state index in [1.54, 1.807) is 12.1 Å². The van der Waals surface area contributed by atoms with Gasteiger partial charge in [0.05, 0.1) is 38.6 Å². The largest absolute Gasteiger partial charge is 0.460 e. The van der Waals surface area contributed by atoms with Crippen molar-refractivity contribution in [3.63, 3.8) is 0 Å². The highest BCUT2D eigenvalue weighted by Gasteiger charge is 2.37. The molecule has 0 aromatic heterocycles. The molecule has 0 amide bonds. The third-order valence-corrected chi connectivity index (χ3v) is 6.90. The second kappa shape index (κ2) is 17.1. The minimum Gasteiger partial charge on any atom is -0.460 e. The van der Waals surface area contributed by atoms with Crippen LogP contribution in [-0.2, 0) is 24.5 Å². The van der Waals surface area contributed by atoms with Gasteiger partial charge in [-0.1, -0.05) is 104 Å². The fourth-order valence-corrected chi connectivity index (χ4v) is 4.75. The van der Waals surface area contributed by atoms with Crippen LogP contribution in [0.15, 0.2) is 115 Å². The third-order valence-electron chi connectivity index (χ3n) is 6.90. The molecule has 0 atom stereocenters. The van der Waals surface area contributed by atoms with Gasteiger partial charge in [-0.2, -0.15) is 0 Å². The maximum absolute atomic E-state index is 12.3. The highest BCUT2D eigenvalue weighted by molar-refractivity contribution is 5.89. The van der Waals surface area contributed by atoms with Gasteiger partial charge in [0.1, 0.15) is 12.2 Å². The number of hydrogen-bond donors (Lipinski definition) is 1. The van der Waals surface area contributed by atoms with Crippen molar-refractivity contribution in [1.82, 2.24) is 0 Å². The van der Waals surface area contributed by atoms with Gasteiger partial charge in [-0.3, -0.25) is 0 Å². The zero-order valence-corrected chi connectivity index (χ0v) is 24.4. The number of benzene rings is 4. The van der Waals surface area contributed by atoms with Gasteiger partial charge in [0.15, 0.2) is 0 Å². The molecule has 0 fully saturated rings. The molecular formula is C36H41NO5. The van der Waals surface area contributed by atoms with Crippen LogP contribution in [0.4, 0.5) is 5.69 Å². The van der Waals surface area contributed by atoms with Crippen molar-refractivity contribution < 1.29 is 23.7 Å². The summed E-state index contributed by atoms with van der Waals surface area (Å²) >= 11 is 0. The van der Waals surface area contributed by atoms with Crippen LogP contribution in [0.25, 0.3) is 0 Å². The van der Waals surface area contributed by atoms with Crippen LogP contribution in [0.3, 0.4) is 0 Å². The smallest absolute Gasteiger partial charge is 0.338 e. The molecule has 42 heavy (non-hydrogen) atoms. The maximum Gasteiger partial charge on any atom is 0.338 e. The highest BCUT2D eigenvalue weighted by atomic mass is 16.6. The molecular weight excluding hydrogens is 526 g/mol.